The molecule has 7 aromatic rings. The first-order chi connectivity index (χ1) is 19.2. The third-order valence-electron chi connectivity index (χ3n) is 6.78. The third kappa shape index (κ3) is 4.45. The second-order valence-corrected chi connectivity index (χ2v) is 9.56. The Balaban J connectivity index is 1.20. The Kier molecular flexibility index (Phi) is 5.68. The van der Waals surface area contributed by atoms with E-state index in [0.717, 1.165) is 74.6 Å². The highest BCUT2D eigenvalue weighted by atomic mass is 15.1. The summed E-state index contributed by atoms with van der Waals surface area (Å²) in [6.07, 6.45) is 11.1. The molecule has 0 aliphatic rings. The predicted molar refractivity (Wildman–Crippen MR) is 151 cm³/mol. The largest absolute Gasteiger partial charge is 0.353 e. The van der Waals surface area contributed by atoms with Crippen LogP contribution in [-0.4, -0.2) is 39.7 Å². The number of imidazole rings is 1. The number of H-pyrrole nitrogens is 2. The lowest BCUT2D eigenvalue weighted by Gasteiger charge is -2.07. The number of aromatic amines is 2. The van der Waals surface area contributed by atoms with Crippen LogP contribution in [0.5, 0.6) is 0 Å². The fourth-order valence-corrected chi connectivity index (χ4v) is 4.86. The summed E-state index contributed by atoms with van der Waals surface area (Å²) in [4.78, 5) is 21.6. The van der Waals surface area contributed by atoms with Gasteiger partial charge in [0.25, 0.3) is 0 Å². The molecule has 1 aromatic carbocycles. The zero-order chi connectivity index (χ0) is 26.2. The van der Waals surface area contributed by atoms with E-state index in [9.17, 15) is 0 Å². The number of pyridine rings is 3. The zero-order valence-corrected chi connectivity index (χ0v) is 21.3. The maximum Gasteiger partial charge on any atom is 0.147 e. The van der Waals surface area contributed by atoms with Crippen LogP contribution in [-0.2, 0) is 13.1 Å². The number of benzene rings is 1. The average molecular weight is 512 g/mol. The van der Waals surface area contributed by atoms with E-state index in [4.69, 9.17) is 0 Å². The number of rotatable bonds is 7. The predicted octanol–water partition coefficient (Wildman–Crippen LogP) is 5.35. The molecule has 0 saturated heterocycles. The third-order valence-corrected chi connectivity index (χ3v) is 6.78. The molecular formula is C30H25N9. The minimum absolute atomic E-state index is 0.719. The monoisotopic (exact) mass is 511 g/mol. The molecule has 0 amide bonds. The molecule has 0 radical (unpaired) electrons. The molecule has 0 aliphatic heterocycles. The first-order valence-corrected chi connectivity index (χ1v) is 12.7. The van der Waals surface area contributed by atoms with Crippen molar-refractivity contribution in [2.45, 2.75) is 20.0 Å². The van der Waals surface area contributed by atoms with Crippen molar-refractivity contribution < 1.29 is 0 Å². The quantitative estimate of drug-likeness (QED) is 0.266. The Morgan fingerprint density at radius 3 is 2.62 bits per heavy atom. The molecule has 0 saturated carbocycles. The van der Waals surface area contributed by atoms with Gasteiger partial charge in [-0.05, 0) is 42.3 Å². The molecule has 190 valence electrons. The normalized spacial score (nSPS) is 11.5. The Morgan fingerprint density at radius 1 is 0.846 bits per heavy atom. The summed E-state index contributed by atoms with van der Waals surface area (Å²) in [5, 5.41) is 13.2. The highest BCUT2D eigenvalue weighted by Crippen LogP contribution is 2.32. The SMILES string of the molecule is Cc1cn(-c2nccc3[nH]c(-c4n[nH]c5cnc(-c6cncc(CNCc7ccccc7)c6)cc45)cc23)cn1. The van der Waals surface area contributed by atoms with Crippen LogP contribution in [0.3, 0.4) is 0 Å². The Labute approximate surface area is 224 Å². The smallest absolute Gasteiger partial charge is 0.147 e. The van der Waals surface area contributed by atoms with E-state index in [1.165, 1.54) is 5.56 Å². The second kappa shape index (κ2) is 9.62. The average Bonchev–Trinajstić information content (AvgIpc) is 3.71. The number of nitrogens with one attached hydrogen (secondary N) is 3. The molecule has 9 heteroatoms. The maximum atomic E-state index is 4.69. The van der Waals surface area contributed by atoms with E-state index in [0.29, 0.717) is 0 Å². The van der Waals surface area contributed by atoms with Gasteiger partial charge in [0.05, 0.1) is 34.3 Å². The Hall–Kier alpha value is -5.15. The van der Waals surface area contributed by atoms with Crippen LogP contribution in [0.1, 0.15) is 16.8 Å². The number of hydrogen-bond donors (Lipinski definition) is 3. The number of aromatic nitrogens is 8. The van der Waals surface area contributed by atoms with Gasteiger partial charge >= 0.3 is 0 Å². The van der Waals surface area contributed by atoms with Gasteiger partial charge in [0.15, 0.2) is 0 Å². The minimum atomic E-state index is 0.719. The molecule has 9 nitrogen and oxygen atoms in total. The van der Waals surface area contributed by atoms with Crippen molar-refractivity contribution in [3.8, 4) is 28.5 Å². The molecule has 39 heavy (non-hydrogen) atoms. The molecule has 0 spiro atoms. The lowest BCUT2D eigenvalue weighted by molar-refractivity contribution is 0.691. The molecule has 7 rings (SSSR count). The van der Waals surface area contributed by atoms with Crippen LogP contribution >= 0.6 is 0 Å². The second-order valence-electron chi connectivity index (χ2n) is 9.56. The van der Waals surface area contributed by atoms with Gasteiger partial charge in [0.2, 0.25) is 0 Å². The summed E-state index contributed by atoms with van der Waals surface area (Å²) in [5.41, 5.74) is 8.66. The fourth-order valence-electron chi connectivity index (χ4n) is 4.86. The maximum absolute atomic E-state index is 4.69. The highest BCUT2D eigenvalue weighted by molar-refractivity contribution is 5.98. The Bertz CT molecular complexity index is 1910. The van der Waals surface area contributed by atoms with E-state index in [-0.39, 0.29) is 0 Å². The molecule has 0 fully saturated rings. The van der Waals surface area contributed by atoms with Crippen molar-refractivity contribution in [3.63, 3.8) is 0 Å². The van der Waals surface area contributed by atoms with Crippen LogP contribution in [0.4, 0.5) is 0 Å². The van der Waals surface area contributed by atoms with Gasteiger partial charge in [0.1, 0.15) is 17.8 Å². The topological polar surface area (TPSA) is 113 Å². The van der Waals surface area contributed by atoms with Crippen LogP contribution in [0.15, 0.2) is 91.9 Å². The number of nitrogens with zero attached hydrogens (tertiary/aromatic N) is 6. The van der Waals surface area contributed by atoms with Crippen molar-refractivity contribution in [2.75, 3.05) is 0 Å². The van der Waals surface area contributed by atoms with E-state index in [1.54, 1.807) is 12.5 Å². The van der Waals surface area contributed by atoms with Gasteiger partial charge in [-0.1, -0.05) is 30.3 Å². The number of fused-ring (bicyclic) bond motifs is 2. The highest BCUT2D eigenvalue weighted by Gasteiger charge is 2.15. The summed E-state index contributed by atoms with van der Waals surface area (Å²) >= 11 is 0. The van der Waals surface area contributed by atoms with Gasteiger partial charge in [-0.3, -0.25) is 19.6 Å². The van der Waals surface area contributed by atoms with Gasteiger partial charge in [-0.15, -0.1) is 0 Å². The first-order valence-electron chi connectivity index (χ1n) is 12.7. The molecule has 0 bridgehead atoms. The summed E-state index contributed by atoms with van der Waals surface area (Å²) in [6, 6.07) is 18.6. The lowest BCUT2D eigenvalue weighted by atomic mass is 10.1. The molecule has 0 atom stereocenters. The summed E-state index contributed by atoms with van der Waals surface area (Å²) in [7, 11) is 0. The van der Waals surface area contributed by atoms with Gasteiger partial charge in [-0.2, -0.15) is 5.10 Å². The van der Waals surface area contributed by atoms with Crippen molar-refractivity contribution >= 4 is 21.8 Å². The van der Waals surface area contributed by atoms with E-state index < -0.39 is 0 Å². The standard InChI is InChI=1S/C30H25N9/c1-19-17-39(18-35-19)30-24-11-27(36-25(24)7-8-33-30)29-23-10-26(34-16-28(23)37-38-29)22-9-21(14-32-15-22)13-31-12-20-5-3-2-4-6-20/h2-11,14-18,31,36H,12-13H2,1H3,(H,37,38). The van der Waals surface area contributed by atoms with Gasteiger partial charge in [0, 0.05) is 54.2 Å². The molecular weight excluding hydrogens is 486 g/mol. The van der Waals surface area contributed by atoms with Crippen molar-refractivity contribution in [1.29, 1.82) is 0 Å². The van der Waals surface area contributed by atoms with Crippen molar-refractivity contribution in [2.24, 2.45) is 0 Å². The van der Waals surface area contributed by atoms with Crippen LogP contribution in [0.2, 0.25) is 0 Å². The fraction of sp³-hybridized carbons (Fsp3) is 0.100. The van der Waals surface area contributed by atoms with E-state index in [2.05, 4.69) is 82.9 Å². The molecule has 0 unspecified atom stereocenters. The molecule has 6 aromatic heterocycles. The van der Waals surface area contributed by atoms with Gasteiger partial charge < -0.3 is 10.3 Å². The summed E-state index contributed by atoms with van der Waals surface area (Å²) < 4.78 is 1.94. The zero-order valence-electron chi connectivity index (χ0n) is 21.3. The molecule has 3 N–H and O–H groups in total. The Morgan fingerprint density at radius 2 is 1.74 bits per heavy atom. The number of aryl methyl sites for hydroxylation is 1. The van der Waals surface area contributed by atoms with Crippen molar-refractivity contribution in [1.82, 2.24) is 45.0 Å². The van der Waals surface area contributed by atoms with Crippen LogP contribution < -0.4 is 5.32 Å². The molecule has 0 aliphatic carbocycles. The molecule has 6 heterocycles. The van der Waals surface area contributed by atoms with Gasteiger partial charge in [-0.25, -0.2) is 9.97 Å². The summed E-state index contributed by atoms with van der Waals surface area (Å²) in [6.45, 7) is 3.49. The minimum Gasteiger partial charge on any atom is -0.353 e. The lowest BCUT2D eigenvalue weighted by Crippen LogP contribution is -2.12. The van der Waals surface area contributed by atoms with Crippen molar-refractivity contribution in [3.05, 3.63) is 109 Å². The van der Waals surface area contributed by atoms with E-state index in [1.807, 2.05) is 48.4 Å². The van der Waals surface area contributed by atoms with Crippen LogP contribution in [0, 0.1) is 6.92 Å². The van der Waals surface area contributed by atoms with E-state index >= 15 is 0 Å². The number of hydrogen-bond acceptors (Lipinski definition) is 6. The van der Waals surface area contributed by atoms with Crippen LogP contribution in [0.25, 0.3) is 50.3 Å². The first kappa shape index (κ1) is 23.0. The summed E-state index contributed by atoms with van der Waals surface area (Å²) in [5.74, 6) is 0.821.